The molecule has 4 N–H and O–H groups in total. The number of guanidine groups is 1. The highest BCUT2D eigenvalue weighted by Crippen LogP contribution is 2.31. The zero-order valence-electron chi connectivity index (χ0n) is 18.7. The van der Waals surface area contributed by atoms with E-state index >= 15 is 0 Å². The van der Waals surface area contributed by atoms with Crippen molar-refractivity contribution in [3.8, 4) is 11.5 Å². The van der Waals surface area contributed by atoms with Gasteiger partial charge in [-0.3, -0.25) is 4.99 Å². The first-order valence-corrected chi connectivity index (χ1v) is 10.7. The second kappa shape index (κ2) is 11.4. The van der Waals surface area contributed by atoms with Crippen LogP contribution in [0.4, 0.5) is 4.39 Å². The summed E-state index contributed by atoms with van der Waals surface area (Å²) in [5.74, 6) is 1.68. The number of aromatic amines is 1. The maximum atomic E-state index is 13.8. The molecular formula is C24H31FN4O3. The van der Waals surface area contributed by atoms with Crippen molar-refractivity contribution in [1.29, 1.82) is 0 Å². The van der Waals surface area contributed by atoms with Crippen LogP contribution in [0.1, 0.15) is 30.7 Å². The lowest BCUT2D eigenvalue weighted by molar-refractivity contribution is 0.182. The molecule has 172 valence electrons. The fourth-order valence-corrected chi connectivity index (χ4v) is 3.51. The van der Waals surface area contributed by atoms with Crippen molar-refractivity contribution in [2.24, 2.45) is 4.99 Å². The number of fused-ring (bicyclic) bond motifs is 1. The zero-order valence-corrected chi connectivity index (χ0v) is 18.7. The van der Waals surface area contributed by atoms with Crippen LogP contribution in [-0.2, 0) is 6.42 Å². The Morgan fingerprint density at radius 2 is 1.97 bits per heavy atom. The second-order valence-electron chi connectivity index (χ2n) is 7.37. The summed E-state index contributed by atoms with van der Waals surface area (Å²) in [7, 11) is 3.28. The van der Waals surface area contributed by atoms with Gasteiger partial charge in [-0.25, -0.2) is 4.39 Å². The predicted molar refractivity (Wildman–Crippen MR) is 125 cm³/mol. The van der Waals surface area contributed by atoms with Crippen LogP contribution < -0.4 is 20.1 Å². The van der Waals surface area contributed by atoms with Crippen LogP contribution in [0.25, 0.3) is 10.9 Å². The maximum absolute atomic E-state index is 13.8. The Kier molecular flexibility index (Phi) is 8.33. The molecule has 0 amide bonds. The number of aromatic nitrogens is 1. The first-order valence-electron chi connectivity index (χ1n) is 10.7. The molecule has 7 nitrogen and oxygen atoms in total. The molecule has 1 unspecified atom stereocenters. The lowest BCUT2D eigenvalue weighted by Gasteiger charge is -2.13. The Balaban J connectivity index is 1.55. The topological polar surface area (TPSA) is 90.9 Å². The van der Waals surface area contributed by atoms with Gasteiger partial charge in [0.2, 0.25) is 0 Å². The molecule has 8 heteroatoms. The first kappa shape index (κ1) is 23.4. The van der Waals surface area contributed by atoms with Crippen molar-refractivity contribution in [3.63, 3.8) is 0 Å². The van der Waals surface area contributed by atoms with Gasteiger partial charge < -0.3 is 30.2 Å². The largest absolute Gasteiger partial charge is 0.497 e. The summed E-state index contributed by atoms with van der Waals surface area (Å²) >= 11 is 0. The van der Waals surface area contributed by atoms with Gasteiger partial charge >= 0.3 is 0 Å². The van der Waals surface area contributed by atoms with Crippen LogP contribution in [0.3, 0.4) is 0 Å². The lowest BCUT2D eigenvalue weighted by atomic mass is 10.1. The number of nitrogens with one attached hydrogen (secondary N) is 3. The molecule has 32 heavy (non-hydrogen) atoms. The van der Waals surface area contributed by atoms with Crippen molar-refractivity contribution >= 4 is 16.9 Å². The highest BCUT2D eigenvalue weighted by molar-refractivity contribution is 5.88. The van der Waals surface area contributed by atoms with Crippen molar-refractivity contribution in [2.45, 2.75) is 25.9 Å². The number of hydrogen-bond donors (Lipinski definition) is 4. The van der Waals surface area contributed by atoms with Crippen molar-refractivity contribution in [1.82, 2.24) is 15.6 Å². The number of benzene rings is 2. The molecule has 0 aliphatic carbocycles. The van der Waals surface area contributed by atoms with E-state index in [0.717, 1.165) is 40.9 Å². The third-order valence-corrected chi connectivity index (χ3v) is 5.13. The minimum Gasteiger partial charge on any atom is -0.497 e. The van der Waals surface area contributed by atoms with Crippen LogP contribution >= 0.6 is 0 Å². The molecule has 0 radical (unpaired) electrons. The number of hydrogen-bond acceptors (Lipinski definition) is 4. The average molecular weight is 443 g/mol. The zero-order chi connectivity index (χ0) is 22.9. The first-order chi connectivity index (χ1) is 15.5. The molecular weight excluding hydrogens is 411 g/mol. The Morgan fingerprint density at radius 1 is 1.16 bits per heavy atom. The van der Waals surface area contributed by atoms with Gasteiger partial charge in [0.1, 0.15) is 23.4 Å². The molecule has 3 aromatic rings. The summed E-state index contributed by atoms with van der Waals surface area (Å²) in [6.07, 6.45) is 0.710. The Labute approximate surface area is 187 Å². The molecule has 1 heterocycles. The van der Waals surface area contributed by atoms with E-state index in [-0.39, 0.29) is 12.1 Å². The van der Waals surface area contributed by atoms with Gasteiger partial charge in [-0.1, -0.05) is 18.2 Å². The minimum absolute atomic E-state index is 0.0694. The third kappa shape index (κ3) is 5.91. The molecule has 0 spiro atoms. The number of nitrogens with zero attached hydrogens (tertiary/aromatic N) is 1. The molecule has 0 aliphatic heterocycles. The summed E-state index contributed by atoms with van der Waals surface area (Å²) in [6.45, 7) is 3.42. The van der Waals surface area contributed by atoms with Crippen LogP contribution in [0, 0.1) is 5.82 Å². The van der Waals surface area contributed by atoms with Gasteiger partial charge in [-0.05, 0) is 31.9 Å². The highest BCUT2D eigenvalue weighted by Gasteiger charge is 2.12. The number of ether oxygens (including phenoxy) is 2. The van der Waals surface area contributed by atoms with E-state index in [2.05, 4.69) is 26.7 Å². The Hall–Kier alpha value is -3.26. The van der Waals surface area contributed by atoms with Crippen LogP contribution in [0.2, 0.25) is 0 Å². The summed E-state index contributed by atoms with van der Waals surface area (Å²) in [5, 5.41) is 17.7. The van der Waals surface area contributed by atoms with Gasteiger partial charge in [0, 0.05) is 41.9 Å². The molecule has 3 rings (SSSR count). The molecule has 0 saturated heterocycles. The second-order valence-corrected chi connectivity index (χ2v) is 7.37. The van der Waals surface area contributed by atoms with Gasteiger partial charge in [-0.2, -0.15) is 0 Å². The fourth-order valence-electron chi connectivity index (χ4n) is 3.51. The van der Waals surface area contributed by atoms with Crippen molar-refractivity contribution in [2.75, 3.05) is 33.9 Å². The maximum Gasteiger partial charge on any atom is 0.191 e. The molecule has 2 aromatic carbocycles. The molecule has 0 aliphatic rings. The lowest BCUT2D eigenvalue weighted by Crippen LogP contribution is -2.38. The number of aliphatic hydroxyl groups excluding tert-OH is 1. The molecule has 1 atom stereocenters. The van der Waals surface area contributed by atoms with E-state index in [0.29, 0.717) is 19.0 Å². The predicted octanol–water partition coefficient (Wildman–Crippen LogP) is 3.55. The van der Waals surface area contributed by atoms with Gasteiger partial charge in [0.15, 0.2) is 5.96 Å². The van der Waals surface area contributed by atoms with E-state index in [9.17, 15) is 9.50 Å². The van der Waals surface area contributed by atoms with Gasteiger partial charge in [0.25, 0.3) is 0 Å². The highest BCUT2D eigenvalue weighted by atomic mass is 19.1. The van der Waals surface area contributed by atoms with E-state index in [4.69, 9.17) is 9.47 Å². The quantitative estimate of drug-likeness (QED) is 0.219. The Morgan fingerprint density at radius 3 is 2.69 bits per heavy atom. The number of aliphatic hydroxyl groups is 1. The number of aliphatic imine (C=N–C) groups is 1. The minimum atomic E-state index is -0.995. The molecule has 0 saturated carbocycles. The number of methoxy groups -OCH3 is 2. The van der Waals surface area contributed by atoms with Gasteiger partial charge in [0.05, 0.1) is 26.3 Å². The standard InChI is InChI=1S/C24H31FN4O3/c1-4-26-24(28-15-22(30)18-9-5-6-10-20(18)25)27-11-7-8-16-12-19-21(29-16)13-17(31-2)14-23(19)32-3/h5-6,9-10,12-14,22,29-30H,4,7-8,11,15H2,1-3H3,(H2,26,27,28). The van der Waals surface area contributed by atoms with Gasteiger partial charge in [-0.15, -0.1) is 0 Å². The Bertz CT molecular complexity index is 1050. The SMILES string of the molecule is CCNC(=NCC(O)c1ccccc1F)NCCCc1cc2c(OC)cc(OC)cc2[nH]1. The summed E-state index contributed by atoms with van der Waals surface area (Å²) in [5.41, 5.74) is 2.32. The summed E-state index contributed by atoms with van der Waals surface area (Å²) in [6, 6.07) is 12.1. The van der Waals surface area contributed by atoms with Crippen LogP contribution in [-0.4, -0.2) is 49.9 Å². The number of rotatable bonds is 10. The summed E-state index contributed by atoms with van der Waals surface area (Å²) in [4.78, 5) is 7.81. The smallest absolute Gasteiger partial charge is 0.191 e. The van der Waals surface area contributed by atoms with Crippen molar-refractivity contribution < 1.29 is 19.0 Å². The van der Waals surface area contributed by atoms with E-state index in [1.54, 1.807) is 32.4 Å². The van der Waals surface area contributed by atoms with Crippen LogP contribution in [0.15, 0.2) is 47.5 Å². The van der Waals surface area contributed by atoms with Crippen LogP contribution in [0.5, 0.6) is 11.5 Å². The monoisotopic (exact) mass is 442 g/mol. The summed E-state index contributed by atoms with van der Waals surface area (Å²) < 4.78 is 24.6. The number of H-pyrrole nitrogens is 1. The average Bonchev–Trinajstić information content (AvgIpc) is 3.22. The molecule has 0 fully saturated rings. The van der Waals surface area contributed by atoms with E-state index in [1.807, 2.05) is 19.1 Å². The molecule has 0 bridgehead atoms. The van der Waals surface area contributed by atoms with E-state index in [1.165, 1.54) is 6.07 Å². The van der Waals surface area contributed by atoms with E-state index < -0.39 is 11.9 Å². The number of aryl methyl sites for hydroxylation is 1. The normalized spacial score (nSPS) is 12.6. The third-order valence-electron chi connectivity index (χ3n) is 5.13. The molecule has 1 aromatic heterocycles. The fraction of sp³-hybridized carbons (Fsp3) is 0.375. The number of halogens is 1. The van der Waals surface area contributed by atoms with Crippen molar-refractivity contribution in [3.05, 3.63) is 59.5 Å².